The quantitative estimate of drug-likeness (QED) is 0.222. The molecule has 2 saturated carbocycles. The minimum Gasteiger partial charge on any atom is -0.465 e. The van der Waals surface area contributed by atoms with E-state index in [2.05, 4.69) is 21.3 Å². The molecule has 2 aliphatic heterocycles. The first-order chi connectivity index (χ1) is 21.3. The van der Waals surface area contributed by atoms with Gasteiger partial charge in [0.05, 0.1) is 18.5 Å². The number of likely N-dealkylation sites (tertiary alicyclic amines) is 2. The summed E-state index contributed by atoms with van der Waals surface area (Å²) in [6, 6.07) is 3.39. The van der Waals surface area contributed by atoms with Gasteiger partial charge in [-0.15, -0.1) is 11.3 Å². The van der Waals surface area contributed by atoms with Crippen molar-refractivity contribution >= 4 is 35.3 Å². The second kappa shape index (κ2) is 15.4. The van der Waals surface area contributed by atoms with Gasteiger partial charge < -0.3 is 36.2 Å². The Kier molecular flexibility index (Phi) is 11.4. The fourth-order valence-corrected chi connectivity index (χ4v) is 7.79. The van der Waals surface area contributed by atoms with Crippen molar-refractivity contribution in [1.29, 1.82) is 0 Å². The van der Waals surface area contributed by atoms with Crippen molar-refractivity contribution in [2.45, 2.75) is 108 Å². The highest BCUT2D eigenvalue weighted by Gasteiger charge is 2.46. The zero-order valence-electron chi connectivity index (χ0n) is 25.9. The van der Waals surface area contributed by atoms with Gasteiger partial charge in [0.15, 0.2) is 0 Å². The van der Waals surface area contributed by atoms with Gasteiger partial charge >= 0.3 is 12.1 Å². The number of urea groups is 1. The van der Waals surface area contributed by atoms with E-state index in [0.717, 1.165) is 56.5 Å². The van der Waals surface area contributed by atoms with Gasteiger partial charge in [-0.25, -0.2) is 9.59 Å². The number of amides is 5. The number of hydrogen-bond donors (Lipinski definition) is 5. The highest BCUT2D eigenvalue weighted by molar-refractivity contribution is 7.09. The van der Waals surface area contributed by atoms with E-state index in [9.17, 15) is 19.2 Å². The number of hydrogen-bond acceptors (Lipinski definition) is 6. The van der Waals surface area contributed by atoms with E-state index >= 15 is 0 Å². The van der Waals surface area contributed by atoms with Crippen LogP contribution in [0.25, 0.3) is 0 Å². The van der Waals surface area contributed by atoms with Crippen molar-refractivity contribution in [1.82, 2.24) is 31.1 Å². The summed E-state index contributed by atoms with van der Waals surface area (Å²) in [6.07, 6.45) is 11.7. The van der Waals surface area contributed by atoms with Crippen LogP contribution in [0, 0.1) is 11.3 Å². The molecule has 44 heavy (non-hydrogen) atoms. The van der Waals surface area contributed by atoms with Gasteiger partial charge in [0.25, 0.3) is 0 Å². The van der Waals surface area contributed by atoms with Crippen LogP contribution in [-0.4, -0.2) is 89.7 Å². The number of nitrogens with one attached hydrogen (secondary N) is 4. The molecule has 0 aromatic carbocycles. The fraction of sp³-hybridized carbons (Fsp3) is 0.750. The molecule has 4 fully saturated rings. The number of carbonyl (C=O) groups excluding carboxylic acids is 3. The molecule has 244 valence electrons. The Bertz CT molecular complexity index is 1110. The molecule has 3 atom stereocenters. The van der Waals surface area contributed by atoms with Crippen molar-refractivity contribution in [3.05, 3.63) is 22.4 Å². The lowest BCUT2D eigenvalue weighted by molar-refractivity contribution is -0.138. The highest BCUT2D eigenvalue weighted by atomic mass is 32.1. The Morgan fingerprint density at radius 1 is 0.955 bits per heavy atom. The van der Waals surface area contributed by atoms with E-state index in [1.165, 1.54) is 19.3 Å². The maximum Gasteiger partial charge on any atom is 0.404 e. The number of unbranched alkanes of at least 4 members (excludes halogenated alkanes) is 1. The summed E-state index contributed by atoms with van der Waals surface area (Å²) in [5.74, 6) is -0.701. The van der Waals surface area contributed by atoms with E-state index in [0.29, 0.717) is 50.7 Å². The maximum absolute atomic E-state index is 14.0. The third-order valence-corrected chi connectivity index (χ3v) is 11.1. The molecule has 1 spiro atoms. The highest BCUT2D eigenvalue weighted by Crippen LogP contribution is 2.53. The number of carbonyl (C=O) groups is 4. The molecular formula is C32H50N6O5S. The number of piperidine rings is 2. The number of rotatable bonds is 12. The van der Waals surface area contributed by atoms with E-state index in [1.54, 1.807) is 11.3 Å². The molecule has 1 aromatic heterocycles. The minimum absolute atomic E-state index is 0.00615. The average Bonchev–Trinajstić information content (AvgIpc) is 3.56. The zero-order valence-corrected chi connectivity index (χ0v) is 26.7. The molecule has 5 amide bonds. The molecule has 11 nitrogen and oxygen atoms in total. The van der Waals surface area contributed by atoms with Gasteiger partial charge in [0.1, 0.15) is 0 Å². The number of nitrogens with zero attached hydrogens (tertiary/aromatic N) is 2. The summed E-state index contributed by atoms with van der Waals surface area (Å²) >= 11 is 1.58. The SMILES string of the molecule is O=C(O)NCCCC[C@@H](NC1CCCCC1)C(=O)N1CC[C@@H](NC(=O)N2CCC3(CC2)CC3)[C@@H](C(=O)NCc2cccs2)C1. The molecule has 2 aliphatic carbocycles. The van der Waals surface area contributed by atoms with Crippen LogP contribution in [-0.2, 0) is 16.1 Å². The Balaban J connectivity index is 1.22. The number of thiophene rings is 1. The van der Waals surface area contributed by atoms with Crippen LogP contribution < -0.4 is 21.3 Å². The lowest BCUT2D eigenvalue weighted by atomic mass is 9.89. The van der Waals surface area contributed by atoms with E-state index < -0.39 is 12.0 Å². The normalized spacial score (nSPS) is 24.0. The molecule has 4 aliphatic rings. The summed E-state index contributed by atoms with van der Waals surface area (Å²) in [5, 5.41) is 23.2. The lowest BCUT2D eigenvalue weighted by Crippen LogP contribution is -2.61. The van der Waals surface area contributed by atoms with Gasteiger partial charge in [-0.1, -0.05) is 25.3 Å². The Morgan fingerprint density at radius 3 is 2.41 bits per heavy atom. The fourth-order valence-electron chi connectivity index (χ4n) is 7.14. The van der Waals surface area contributed by atoms with Crippen molar-refractivity contribution < 1.29 is 24.3 Å². The second-order valence-corrected chi connectivity index (χ2v) is 14.3. The van der Waals surface area contributed by atoms with Crippen LogP contribution >= 0.6 is 11.3 Å². The first kappa shape index (κ1) is 32.5. The van der Waals surface area contributed by atoms with Gasteiger partial charge in [-0.05, 0) is 81.1 Å². The molecule has 0 bridgehead atoms. The van der Waals surface area contributed by atoms with Gasteiger partial charge in [0, 0.05) is 49.7 Å². The molecule has 2 saturated heterocycles. The van der Waals surface area contributed by atoms with Crippen LogP contribution in [0.5, 0.6) is 0 Å². The van der Waals surface area contributed by atoms with Crippen LogP contribution in [0.15, 0.2) is 17.5 Å². The van der Waals surface area contributed by atoms with Crippen molar-refractivity contribution in [3.63, 3.8) is 0 Å². The monoisotopic (exact) mass is 630 g/mol. The first-order valence-corrected chi connectivity index (χ1v) is 17.6. The molecular weight excluding hydrogens is 580 g/mol. The summed E-state index contributed by atoms with van der Waals surface area (Å²) in [6.45, 7) is 3.03. The summed E-state index contributed by atoms with van der Waals surface area (Å²) in [4.78, 5) is 56.6. The van der Waals surface area contributed by atoms with E-state index in [-0.39, 0.29) is 42.5 Å². The molecule has 1 aromatic rings. The Morgan fingerprint density at radius 2 is 1.73 bits per heavy atom. The molecule has 12 heteroatoms. The van der Waals surface area contributed by atoms with E-state index in [1.807, 2.05) is 27.3 Å². The molecule has 5 N–H and O–H groups in total. The van der Waals surface area contributed by atoms with Crippen molar-refractivity contribution in [3.8, 4) is 0 Å². The van der Waals surface area contributed by atoms with Gasteiger partial charge in [0.2, 0.25) is 11.8 Å². The van der Waals surface area contributed by atoms with E-state index in [4.69, 9.17) is 5.11 Å². The molecule has 0 radical (unpaired) electrons. The van der Waals surface area contributed by atoms with Crippen LogP contribution in [0.2, 0.25) is 0 Å². The average molecular weight is 631 g/mol. The zero-order chi connectivity index (χ0) is 30.9. The second-order valence-electron chi connectivity index (χ2n) is 13.3. The minimum atomic E-state index is -1.04. The summed E-state index contributed by atoms with van der Waals surface area (Å²) in [5.41, 5.74) is 0.474. The Hall–Kier alpha value is -2.86. The predicted octanol–water partition coefficient (Wildman–Crippen LogP) is 3.90. The topological polar surface area (TPSA) is 143 Å². The third-order valence-electron chi connectivity index (χ3n) is 10.2. The Labute approximate surface area is 264 Å². The van der Waals surface area contributed by atoms with Crippen molar-refractivity contribution in [2.75, 3.05) is 32.7 Å². The summed E-state index contributed by atoms with van der Waals surface area (Å²) in [7, 11) is 0. The van der Waals surface area contributed by atoms with Crippen LogP contribution in [0.4, 0.5) is 9.59 Å². The molecule has 3 heterocycles. The molecule has 0 unspecified atom stereocenters. The summed E-state index contributed by atoms with van der Waals surface area (Å²) < 4.78 is 0. The van der Waals surface area contributed by atoms with Gasteiger partial charge in [-0.3, -0.25) is 9.59 Å². The standard InChI is InChI=1S/C32H50N6O5S/c39-28(34-21-24-9-6-20-44-24)25-22-38(17-11-26(25)36-30(41)37-18-14-32(12-13-32)15-19-37)29(40)27(10-4-5-16-33-31(42)43)35-23-7-2-1-3-8-23/h6,9,20,23,25-27,33,35H,1-5,7-8,10-19,21-22H2,(H,34,39)(H,36,41)(H,42,43)/t25-,26+,27+/m0/s1. The molecule has 5 rings (SSSR count). The smallest absolute Gasteiger partial charge is 0.404 e. The third kappa shape index (κ3) is 9.09. The number of carboxylic acid groups (broad SMARTS) is 1. The van der Waals surface area contributed by atoms with Gasteiger partial charge in [-0.2, -0.15) is 0 Å². The first-order valence-electron chi connectivity index (χ1n) is 16.7. The van der Waals surface area contributed by atoms with Crippen LogP contribution in [0.3, 0.4) is 0 Å². The largest absolute Gasteiger partial charge is 0.465 e. The lowest BCUT2D eigenvalue weighted by Gasteiger charge is -2.41. The maximum atomic E-state index is 14.0. The predicted molar refractivity (Wildman–Crippen MR) is 169 cm³/mol. The van der Waals surface area contributed by atoms with Crippen LogP contribution in [0.1, 0.15) is 88.3 Å². The van der Waals surface area contributed by atoms with Crippen molar-refractivity contribution in [2.24, 2.45) is 11.3 Å².